The molecule has 28 heavy (non-hydrogen) atoms. The predicted molar refractivity (Wildman–Crippen MR) is 108 cm³/mol. The molecule has 6 heteroatoms. The number of phenolic OH excluding ortho intramolecular Hbond substituents is 1. The first-order chi connectivity index (χ1) is 13.6. The molecule has 1 amide bonds. The number of ether oxygens (including phenoxy) is 1. The summed E-state index contributed by atoms with van der Waals surface area (Å²) < 4.78 is 10.8. The van der Waals surface area contributed by atoms with Gasteiger partial charge in [-0.05, 0) is 53.1 Å². The number of nitrogens with zero attached hydrogens (tertiary/aromatic N) is 1. The summed E-state index contributed by atoms with van der Waals surface area (Å²) >= 11 is 0. The molecule has 0 aliphatic rings. The van der Waals surface area contributed by atoms with E-state index in [0.29, 0.717) is 22.5 Å². The van der Waals surface area contributed by atoms with Crippen molar-refractivity contribution in [3.05, 3.63) is 71.5 Å². The second-order valence-electron chi connectivity index (χ2n) is 6.40. The van der Waals surface area contributed by atoms with Crippen LogP contribution in [0, 0.1) is 6.92 Å². The van der Waals surface area contributed by atoms with Crippen molar-refractivity contribution >= 4 is 33.9 Å². The molecule has 0 aliphatic carbocycles. The number of hydrogen-bond donors (Lipinski definition) is 2. The molecule has 140 valence electrons. The minimum absolute atomic E-state index is 0.0817. The Labute approximate surface area is 161 Å². The maximum Gasteiger partial charge on any atom is 0.307 e. The Hall–Kier alpha value is -3.80. The smallest absolute Gasteiger partial charge is 0.307 e. The van der Waals surface area contributed by atoms with E-state index in [9.17, 15) is 9.90 Å². The topological polar surface area (TPSA) is 84.1 Å². The molecular weight excluding hydrogens is 356 g/mol. The molecule has 1 aromatic heterocycles. The number of amides is 1. The van der Waals surface area contributed by atoms with Crippen LogP contribution < -0.4 is 10.2 Å². The summed E-state index contributed by atoms with van der Waals surface area (Å²) in [4.78, 5) is 12.4. The van der Waals surface area contributed by atoms with E-state index in [1.807, 2.05) is 36.4 Å². The molecule has 0 fully saturated rings. The number of nitrogens with one attached hydrogen (secondary N) is 1. The number of hydrogen-bond acceptors (Lipinski definition) is 5. The molecule has 0 bridgehead atoms. The summed E-state index contributed by atoms with van der Waals surface area (Å²) in [5.74, 6) is 0.164. The average Bonchev–Trinajstić information content (AvgIpc) is 3.15. The number of carbonyl (C=O) groups excluding carboxylic acids is 1. The van der Waals surface area contributed by atoms with Crippen LogP contribution in [0.25, 0.3) is 21.7 Å². The lowest BCUT2D eigenvalue weighted by molar-refractivity contribution is 0.0929. The zero-order chi connectivity index (χ0) is 19.7. The number of benzene rings is 3. The summed E-state index contributed by atoms with van der Waals surface area (Å²) in [6.45, 7) is 1.76. The van der Waals surface area contributed by atoms with Crippen LogP contribution in [0.2, 0.25) is 0 Å². The SMILES string of the molecule is COc1cc(C=NNC(=O)c2cc3c(ccc4ccccc43)o2)cc(C)c1O. The van der Waals surface area contributed by atoms with E-state index in [0.717, 1.165) is 16.2 Å². The number of carbonyl (C=O) groups is 1. The molecule has 4 rings (SSSR count). The van der Waals surface area contributed by atoms with Gasteiger partial charge in [-0.25, -0.2) is 5.43 Å². The molecule has 3 aromatic carbocycles. The van der Waals surface area contributed by atoms with Crippen LogP contribution in [0.3, 0.4) is 0 Å². The summed E-state index contributed by atoms with van der Waals surface area (Å²) in [6.07, 6.45) is 1.48. The lowest BCUT2D eigenvalue weighted by atomic mass is 10.1. The third-order valence-electron chi connectivity index (χ3n) is 4.54. The van der Waals surface area contributed by atoms with Crippen molar-refractivity contribution in [3.8, 4) is 11.5 Å². The van der Waals surface area contributed by atoms with E-state index < -0.39 is 5.91 Å². The molecule has 0 saturated heterocycles. The standard InChI is InChI=1S/C22H18N2O4/c1-13-9-14(10-19(27-2)21(13)25)12-23-24-22(26)20-11-17-16-6-4-3-5-15(16)7-8-18(17)28-20/h3-12,25H,1-2H3,(H,24,26). The fraction of sp³-hybridized carbons (Fsp3) is 0.0909. The summed E-state index contributed by atoms with van der Waals surface area (Å²) in [5.41, 5.74) is 4.44. The number of aromatic hydroxyl groups is 1. The van der Waals surface area contributed by atoms with Gasteiger partial charge in [-0.2, -0.15) is 5.10 Å². The number of fused-ring (bicyclic) bond motifs is 3. The molecular formula is C22H18N2O4. The predicted octanol–water partition coefficient (Wildman–Crippen LogP) is 4.37. The number of aryl methyl sites for hydroxylation is 1. The van der Waals surface area contributed by atoms with E-state index in [4.69, 9.17) is 9.15 Å². The first-order valence-electron chi connectivity index (χ1n) is 8.69. The fourth-order valence-corrected chi connectivity index (χ4v) is 3.13. The molecule has 0 unspecified atom stereocenters. The Bertz CT molecular complexity index is 1220. The molecule has 1 heterocycles. The Morgan fingerprint density at radius 2 is 1.96 bits per heavy atom. The molecule has 2 N–H and O–H groups in total. The quantitative estimate of drug-likeness (QED) is 0.410. The maximum absolute atomic E-state index is 12.4. The lowest BCUT2D eigenvalue weighted by Gasteiger charge is -2.07. The van der Waals surface area contributed by atoms with Crippen LogP contribution in [0.15, 0.2) is 64.1 Å². The van der Waals surface area contributed by atoms with Gasteiger partial charge in [-0.3, -0.25) is 4.79 Å². The molecule has 0 aliphatic heterocycles. The van der Waals surface area contributed by atoms with Gasteiger partial charge in [0.2, 0.25) is 0 Å². The highest BCUT2D eigenvalue weighted by atomic mass is 16.5. The first-order valence-corrected chi connectivity index (χ1v) is 8.69. The lowest BCUT2D eigenvalue weighted by Crippen LogP contribution is -2.16. The van der Waals surface area contributed by atoms with Crippen LogP contribution >= 0.6 is 0 Å². The Kier molecular flexibility index (Phi) is 4.45. The highest BCUT2D eigenvalue weighted by Gasteiger charge is 2.13. The maximum atomic E-state index is 12.4. The van der Waals surface area contributed by atoms with Crippen molar-refractivity contribution in [1.82, 2.24) is 5.43 Å². The van der Waals surface area contributed by atoms with Gasteiger partial charge in [0.25, 0.3) is 0 Å². The fourth-order valence-electron chi connectivity index (χ4n) is 3.13. The van der Waals surface area contributed by atoms with Crippen molar-refractivity contribution in [1.29, 1.82) is 0 Å². The monoisotopic (exact) mass is 374 g/mol. The number of rotatable bonds is 4. The number of methoxy groups -OCH3 is 1. The van der Waals surface area contributed by atoms with Crippen molar-refractivity contribution in [2.24, 2.45) is 5.10 Å². The van der Waals surface area contributed by atoms with Crippen LogP contribution in [0.4, 0.5) is 0 Å². The molecule has 0 atom stereocenters. The average molecular weight is 374 g/mol. The van der Waals surface area contributed by atoms with Crippen molar-refractivity contribution < 1.29 is 19.1 Å². The zero-order valence-corrected chi connectivity index (χ0v) is 15.4. The van der Waals surface area contributed by atoms with E-state index in [-0.39, 0.29) is 11.5 Å². The molecule has 0 spiro atoms. The van der Waals surface area contributed by atoms with E-state index in [1.54, 1.807) is 25.1 Å². The van der Waals surface area contributed by atoms with Gasteiger partial charge >= 0.3 is 5.91 Å². The highest BCUT2D eigenvalue weighted by Crippen LogP contribution is 2.30. The van der Waals surface area contributed by atoms with Crippen LogP contribution in [0.5, 0.6) is 11.5 Å². The summed E-state index contributed by atoms with van der Waals surface area (Å²) in [6, 6.07) is 16.8. The first kappa shape index (κ1) is 17.6. The normalized spacial score (nSPS) is 11.4. The van der Waals surface area contributed by atoms with Crippen molar-refractivity contribution in [2.45, 2.75) is 6.92 Å². The second kappa shape index (κ2) is 7.08. The van der Waals surface area contributed by atoms with E-state index >= 15 is 0 Å². The van der Waals surface area contributed by atoms with Gasteiger partial charge in [0.1, 0.15) is 5.58 Å². The largest absolute Gasteiger partial charge is 0.504 e. The number of furan rings is 1. The Morgan fingerprint density at radius 3 is 2.79 bits per heavy atom. The Morgan fingerprint density at radius 1 is 1.14 bits per heavy atom. The van der Waals surface area contributed by atoms with E-state index in [1.165, 1.54) is 13.3 Å². The minimum Gasteiger partial charge on any atom is -0.504 e. The van der Waals surface area contributed by atoms with E-state index in [2.05, 4.69) is 10.5 Å². The van der Waals surface area contributed by atoms with Gasteiger partial charge < -0.3 is 14.3 Å². The highest BCUT2D eigenvalue weighted by molar-refractivity contribution is 6.08. The summed E-state index contributed by atoms with van der Waals surface area (Å²) in [5, 5.41) is 16.8. The van der Waals surface area contributed by atoms with Gasteiger partial charge in [0, 0.05) is 5.39 Å². The van der Waals surface area contributed by atoms with Gasteiger partial charge in [-0.15, -0.1) is 0 Å². The molecule has 6 nitrogen and oxygen atoms in total. The van der Waals surface area contributed by atoms with Gasteiger partial charge in [0.15, 0.2) is 17.3 Å². The second-order valence-corrected chi connectivity index (χ2v) is 6.40. The van der Waals surface area contributed by atoms with Crippen molar-refractivity contribution in [2.75, 3.05) is 7.11 Å². The van der Waals surface area contributed by atoms with Crippen molar-refractivity contribution in [3.63, 3.8) is 0 Å². The van der Waals surface area contributed by atoms with Crippen LogP contribution in [-0.4, -0.2) is 24.3 Å². The van der Waals surface area contributed by atoms with Crippen LogP contribution in [-0.2, 0) is 0 Å². The Balaban J connectivity index is 1.56. The zero-order valence-electron chi connectivity index (χ0n) is 15.4. The van der Waals surface area contributed by atoms with Crippen LogP contribution in [0.1, 0.15) is 21.7 Å². The summed E-state index contributed by atoms with van der Waals surface area (Å²) in [7, 11) is 1.47. The minimum atomic E-state index is -0.445. The van der Waals surface area contributed by atoms with Gasteiger partial charge in [0.05, 0.1) is 13.3 Å². The third-order valence-corrected chi connectivity index (χ3v) is 4.54. The molecule has 0 radical (unpaired) electrons. The number of phenols is 1. The molecule has 0 saturated carbocycles. The third kappa shape index (κ3) is 3.16. The molecule has 4 aromatic rings. The number of hydrazone groups is 1. The van der Waals surface area contributed by atoms with Gasteiger partial charge in [-0.1, -0.05) is 30.3 Å².